The lowest BCUT2D eigenvalue weighted by Crippen LogP contribution is -2.08. The van der Waals surface area contributed by atoms with Crippen LogP contribution in [-0.2, 0) is 0 Å². The van der Waals surface area contributed by atoms with Crippen molar-refractivity contribution < 1.29 is 9.84 Å². The minimum Gasteiger partial charge on any atom is -0.504 e. The molecule has 1 atom stereocenters. The molecule has 0 radical (unpaired) electrons. The summed E-state index contributed by atoms with van der Waals surface area (Å²) in [7, 11) is 0. The van der Waals surface area contributed by atoms with Crippen LogP contribution in [0.4, 0.5) is 0 Å². The van der Waals surface area contributed by atoms with Gasteiger partial charge in [0.2, 0.25) is 0 Å². The highest BCUT2D eigenvalue weighted by atomic mass is 16.5. The van der Waals surface area contributed by atoms with Gasteiger partial charge in [0.15, 0.2) is 11.5 Å². The van der Waals surface area contributed by atoms with Crippen molar-refractivity contribution in [3.63, 3.8) is 0 Å². The van der Waals surface area contributed by atoms with Crippen LogP contribution >= 0.6 is 0 Å². The van der Waals surface area contributed by atoms with E-state index in [4.69, 9.17) is 4.74 Å². The van der Waals surface area contributed by atoms with Crippen LogP contribution in [0.5, 0.6) is 11.5 Å². The number of rotatable bonds is 5. The molecular weight excluding hydrogens is 224 g/mol. The van der Waals surface area contributed by atoms with Gasteiger partial charge in [0.1, 0.15) is 0 Å². The Hall–Kier alpha value is -1.70. The normalized spacial score (nSPS) is 12.6. The minimum atomic E-state index is 0.220. The molecule has 0 spiro atoms. The summed E-state index contributed by atoms with van der Waals surface area (Å²) in [6.07, 6.45) is 2.31. The Morgan fingerprint density at radius 1 is 1.17 bits per heavy atom. The smallest absolute Gasteiger partial charge is 0.161 e. The third kappa shape index (κ3) is 2.95. The lowest BCUT2D eigenvalue weighted by atomic mass is 10.1. The summed E-state index contributed by atoms with van der Waals surface area (Å²) in [5.74, 6) is 1.31. The fourth-order valence-electron chi connectivity index (χ4n) is 2.13. The maximum atomic E-state index is 9.93. The summed E-state index contributed by atoms with van der Waals surface area (Å²) in [6.45, 7) is 4.99. The molecular formula is C16H20O2. The van der Waals surface area contributed by atoms with Gasteiger partial charge in [0, 0.05) is 0 Å². The van der Waals surface area contributed by atoms with E-state index in [1.54, 1.807) is 6.07 Å². The molecule has 2 aromatic rings. The van der Waals surface area contributed by atoms with E-state index in [1.165, 1.54) is 0 Å². The average Bonchev–Trinajstić information content (AvgIpc) is 2.36. The van der Waals surface area contributed by atoms with Crippen LogP contribution in [0.3, 0.4) is 0 Å². The summed E-state index contributed by atoms with van der Waals surface area (Å²) in [6, 6.07) is 11.6. The van der Waals surface area contributed by atoms with Crippen molar-refractivity contribution in [2.75, 3.05) is 6.61 Å². The molecule has 0 heterocycles. The quantitative estimate of drug-likeness (QED) is 0.846. The van der Waals surface area contributed by atoms with Gasteiger partial charge in [0.05, 0.1) is 6.61 Å². The number of hydrogen-bond donors (Lipinski definition) is 1. The van der Waals surface area contributed by atoms with Crippen LogP contribution in [0.1, 0.15) is 26.7 Å². The van der Waals surface area contributed by atoms with Crippen molar-refractivity contribution in [1.29, 1.82) is 0 Å². The molecule has 0 amide bonds. The molecule has 0 saturated heterocycles. The second-order valence-corrected chi connectivity index (χ2v) is 4.87. The molecule has 0 aliphatic heterocycles. The van der Waals surface area contributed by atoms with Crippen molar-refractivity contribution >= 4 is 10.8 Å². The Bertz CT molecular complexity index is 519. The van der Waals surface area contributed by atoms with Gasteiger partial charge in [-0.25, -0.2) is 0 Å². The highest BCUT2D eigenvalue weighted by Crippen LogP contribution is 2.31. The van der Waals surface area contributed by atoms with E-state index >= 15 is 0 Å². The molecule has 0 fully saturated rings. The number of ether oxygens (including phenoxy) is 1. The molecule has 96 valence electrons. The Balaban J connectivity index is 2.15. The Morgan fingerprint density at radius 3 is 2.50 bits per heavy atom. The first kappa shape index (κ1) is 12.7. The van der Waals surface area contributed by atoms with E-state index in [1.807, 2.05) is 30.3 Å². The van der Waals surface area contributed by atoms with Gasteiger partial charge in [-0.3, -0.25) is 0 Å². The van der Waals surface area contributed by atoms with Crippen molar-refractivity contribution in [3.05, 3.63) is 36.4 Å². The SMILES string of the molecule is CCCC(C)COc1cc2ccccc2cc1O. The van der Waals surface area contributed by atoms with Gasteiger partial charge >= 0.3 is 0 Å². The molecule has 0 bridgehead atoms. The number of benzene rings is 2. The first-order valence-corrected chi connectivity index (χ1v) is 6.55. The second-order valence-electron chi connectivity index (χ2n) is 4.87. The summed E-state index contributed by atoms with van der Waals surface area (Å²) < 4.78 is 5.71. The summed E-state index contributed by atoms with van der Waals surface area (Å²) in [5, 5.41) is 12.0. The number of phenolic OH excluding ortho intramolecular Hbond substituents is 1. The summed E-state index contributed by atoms with van der Waals surface area (Å²) in [4.78, 5) is 0. The van der Waals surface area contributed by atoms with Gasteiger partial charge in [-0.15, -0.1) is 0 Å². The first-order chi connectivity index (χ1) is 8.70. The predicted octanol–water partition coefficient (Wildman–Crippen LogP) is 4.36. The maximum absolute atomic E-state index is 9.93. The van der Waals surface area contributed by atoms with Gasteiger partial charge in [0.25, 0.3) is 0 Å². The third-order valence-electron chi connectivity index (χ3n) is 3.13. The van der Waals surface area contributed by atoms with E-state index in [2.05, 4.69) is 13.8 Å². The number of aromatic hydroxyl groups is 1. The van der Waals surface area contributed by atoms with Crippen LogP contribution < -0.4 is 4.74 Å². The Labute approximate surface area is 108 Å². The van der Waals surface area contributed by atoms with Crippen molar-refractivity contribution in [1.82, 2.24) is 0 Å². The molecule has 0 aliphatic carbocycles. The number of hydrogen-bond acceptors (Lipinski definition) is 2. The first-order valence-electron chi connectivity index (χ1n) is 6.55. The maximum Gasteiger partial charge on any atom is 0.161 e. The lowest BCUT2D eigenvalue weighted by molar-refractivity contribution is 0.242. The molecule has 2 rings (SSSR count). The lowest BCUT2D eigenvalue weighted by Gasteiger charge is -2.13. The molecule has 0 saturated carbocycles. The molecule has 2 heteroatoms. The van der Waals surface area contributed by atoms with Gasteiger partial charge < -0.3 is 9.84 Å². The third-order valence-corrected chi connectivity index (χ3v) is 3.13. The number of phenols is 1. The summed E-state index contributed by atoms with van der Waals surface area (Å²) >= 11 is 0. The molecule has 1 unspecified atom stereocenters. The fourth-order valence-corrected chi connectivity index (χ4v) is 2.13. The molecule has 1 N–H and O–H groups in total. The highest BCUT2D eigenvalue weighted by Gasteiger charge is 2.07. The zero-order valence-electron chi connectivity index (χ0n) is 11.0. The van der Waals surface area contributed by atoms with Gasteiger partial charge in [-0.05, 0) is 35.2 Å². The van der Waals surface area contributed by atoms with Gasteiger partial charge in [-0.1, -0.05) is 44.5 Å². The van der Waals surface area contributed by atoms with Crippen LogP contribution in [-0.4, -0.2) is 11.7 Å². The van der Waals surface area contributed by atoms with E-state index < -0.39 is 0 Å². The van der Waals surface area contributed by atoms with E-state index in [0.29, 0.717) is 18.3 Å². The van der Waals surface area contributed by atoms with E-state index in [-0.39, 0.29) is 5.75 Å². The standard InChI is InChI=1S/C16H20O2/c1-3-6-12(2)11-18-16-10-14-8-5-4-7-13(14)9-15(16)17/h4-5,7-10,12,17H,3,6,11H2,1-2H3. The topological polar surface area (TPSA) is 29.5 Å². The molecule has 2 aromatic carbocycles. The molecule has 0 aromatic heterocycles. The van der Waals surface area contributed by atoms with E-state index in [0.717, 1.165) is 23.6 Å². The van der Waals surface area contributed by atoms with E-state index in [9.17, 15) is 5.11 Å². The molecule has 0 aliphatic rings. The zero-order chi connectivity index (χ0) is 13.0. The van der Waals surface area contributed by atoms with Gasteiger partial charge in [-0.2, -0.15) is 0 Å². The largest absolute Gasteiger partial charge is 0.504 e. The highest BCUT2D eigenvalue weighted by molar-refractivity contribution is 5.85. The minimum absolute atomic E-state index is 0.220. The summed E-state index contributed by atoms with van der Waals surface area (Å²) in [5.41, 5.74) is 0. The van der Waals surface area contributed by atoms with Crippen LogP contribution in [0.25, 0.3) is 10.8 Å². The zero-order valence-corrected chi connectivity index (χ0v) is 11.0. The van der Waals surface area contributed by atoms with Crippen LogP contribution in [0.15, 0.2) is 36.4 Å². The van der Waals surface area contributed by atoms with Crippen LogP contribution in [0, 0.1) is 5.92 Å². The van der Waals surface area contributed by atoms with Crippen molar-refractivity contribution in [2.45, 2.75) is 26.7 Å². The average molecular weight is 244 g/mol. The second kappa shape index (κ2) is 5.76. The Kier molecular flexibility index (Phi) is 4.08. The van der Waals surface area contributed by atoms with Crippen molar-refractivity contribution in [3.8, 4) is 11.5 Å². The predicted molar refractivity (Wildman–Crippen MR) is 75.2 cm³/mol. The van der Waals surface area contributed by atoms with Crippen LogP contribution in [0.2, 0.25) is 0 Å². The molecule has 18 heavy (non-hydrogen) atoms. The molecule has 2 nitrogen and oxygen atoms in total. The monoisotopic (exact) mass is 244 g/mol. The van der Waals surface area contributed by atoms with Crippen molar-refractivity contribution in [2.24, 2.45) is 5.92 Å². The number of fused-ring (bicyclic) bond motifs is 1. The Morgan fingerprint density at radius 2 is 1.83 bits per heavy atom. The fraction of sp³-hybridized carbons (Fsp3) is 0.375.